The van der Waals surface area contributed by atoms with Gasteiger partial charge in [-0.05, 0) is 83.7 Å². The van der Waals surface area contributed by atoms with Crippen molar-refractivity contribution in [1.82, 2.24) is 0 Å². The van der Waals surface area contributed by atoms with Crippen LogP contribution in [-0.4, -0.2) is 5.78 Å². The standard InChI is InChI=1S/C36H38O/c1-7-31(25-32(8-2)28(5)29(6)37)27(4)24-34(23-22-30-17-11-9-12-18-30)36-26(3)16-15-21-35(36)33-19-13-10-14-20-33/h7-21,24-25,28H,2,4,22-23H2,1,3,5-6H3. The lowest BCUT2D eigenvalue weighted by atomic mass is 9.86. The highest BCUT2D eigenvalue weighted by atomic mass is 16.1. The summed E-state index contributed by atoms with van der Waals surface area (Å²) in [5.74, 6) is -0.0819. The molecule has 3 aromatic carbocycles. The molecule has 0 aliphatic carbocycles. The first kappa shape index (κ1) is 27.6. The zero-order chi connectivity index (χ0) is 26.8. The van der Waals surface area contributed by atoms with E-state index >= 15 is 0 Å². The van der Waals surface area contributed by atoms with Crippen LogP contribution in [0.2, 0.25) is 0 Å². The molecule has 0 bridgehead atoms. The van der Waals surface area contributed by atoms with Gasteiger partial charge in [-0.15, -0.1) is 0 Å². The van der Waals surface area contributed by atoms with Gasteiger partial charge in [0, 0.05) is 5.92 Å². The van der Waals surface area contributed by atoms with Gasteiger partial charge >= 0.3 is 0 Å². The van der Waals surface area contributed by atoms with Gasteiger partial charge in [0.2, 0.25) is 0 Å². The molecular weight excluding hydrogens is 448 g/mol. The minimum absolute atomic E-state index is 0.124. The van der Waals surface area contributed by atoms with E-state index in [2.05, 4.69) is 111 Å². The lowest BCUT2D eigenvalue weighted by Gasteiger charge is -2.18. The van der Waals surface area contributed by atoms with Crippen LogP contribution in [-0.2, 0) is 11.2 Å². The van der Waals surface area contributed by atoms with E-state index in [9.17, 15) is 4.79 Å². The van der Waals surface area contributed by atoms with Gasteiger partial charge < -0.3 is 0 Å². The number of ketones is 1. The molecule has 1 unspecified atom stereocenters. The third-order valence-electron chi connectivity index (χ3n) is 6.90. The van der Waals surface area contributed by atoms with Crippen LogP contribution in [0.25, 0.3) is 16.7 Å². The zero-order valence-electron chi connectivity index (χ0n) is 22.6. The van der Waals surface area contributed by atoms with E-state index in [-0.39, 0.29) is 11.7 Å². The quantitative estimate of drug-likeness (QED) is 0.247. The van der Waals surface area contributed by atoms with Gasteiger partial charge in [0.25, 0.3) is 0 Å². The van der Waals surface area contributed by atoms with Gasteiger partial charge in [-0.1, -0.05) is 123 Å². The Morgan fingerprint density at radius 1 is 0.919 bits per heavy atom. The van der Waals surface area contributed by atoms with E-state index < -0.39 is 0 Å². The molecule has 0 saturated heterocycles. The summed E-state index contributed by atoms with van der Waals surface area (Å²) in [7, 11) is 0. The van der Waals surface area contributed by atoms with Crippen molar-refractivity contribution in [3.05, 3.63) is 150 Å². The molecule has 0 fully saturated rings. The van der Waals surface area contributed by atoms with Crippen molar-refractivity contribution in [3.63, 3.8) is 0 Å². The summed E-state index contributed by atoms with van der Waals surface area (Å²) >= 11 is 0. The molecule has 0 aliphatic heterocycles. The SMILES string of the molecule is C=CC(=CC(=CC)C(=C)C=C(CCc1ccccc1)c1c(C)cccc1-c1ccccc1)C(C)C(C)=O. The fraction of sp³-hybridized carbons (Fsp3) is 0.194. The highest BCUT2D eigenvalue weighted by molar-refractivity contribution is 5.85. The van der Waals surface area contributed by atoms with Gasteiger partial charge in [0.05, 0.1) is 0 Å². The van der Waals surface area contributed by atoms with Crippen LogP contribution in [0.3, 0.4) is 0 Å². The van der Waals surface area contributed by atoms with Crippen molar-refractivity contribution in [1.29, 1.82) is 0 Å². The van der Waals surface area contributed by atoms with E-state index in [4.69, 9.17) is 0 Å². The minimum Gasteiger partial charge on any atom is -0.299 e. The topological polar surface area (TPSA) is 17.1 Å². The van der Waals surface area contributed by atoms with E-state index in [1.165, 1.54) is 33.4 Å². The molecule has 0 spiro atoms. The molecule has 0 aromatic heterocycles. The van der Waals surface area contributed by atoms with E-state index in [1.54, 1.807) is 13.0 Å². The van der Waals surface area contributed by atoms with Crippen LogP contribution in [0.15, 0.2) is 133 Å². The Kier molecular flexibility index (Phi) is 9.98. The molecule has 0 radical (unpaired) electrons. The number of hydrogen-bond acceptors (Lipinski definition) is 1. The first-order valence-electron chi connectivity index (χ1n) is 13.0. The lowest BCUT2D eigenvalue weighted by molar-refractivity contribution is -0.119. The smallest absolute Gasteiger partial charge is 0.136 e. The molecule has 3 aromatic rings. The largest absolute Gasteiger partial charge is 0.299 e. The van der Waals surface area contributed by atoms with Crippen molar-refractivity contribution < 1.29 is 4.79 Å². The highest BCUT2D eigenvalue weighted by Gasteiger charge is 2.15. The molecule has 1 heteroatoms. The number of benzene rings is 3. The Hall–Kier alpha value is -3.97. The summed E-state index contributed by atoms with van der Waals surface area (Å²) in [6.45, 7) is 16.1. The Morgan fingerprint density at radius 3 is 2.16 bits per heavy atom. The predicted octanol–water partition coefficient (Wildman–Crippen LogP) is 9.52. The van der Waals surface area contributed by atoms with Crippen LogP contribution in [0, 0.1) is 12.8 Å². The summed E-state index contributed by atoms with van der Waals surface area (Å²) < 4.78 is 0. The molecule has 0 aliphatic rings. The summed E-state index contributed by atoms with van der Waals surface area (Å²) in [4.78, 5) is 12.0. The second-order valence-corrected chi connectivity index (χ2v) is 9.47. The third kappa shape index (κ3) is 7.27. The molecular formula is C36H38O. The summed E-state index contributed by atoms with van der Waals surface area (Å²) in [5.41, 5.74) is 10.3. The van der Waals surface area contributed by atoms with Crippen LogP contribution in [0.4, 0.5) is 0 Å². The van der Waals surface area contributed by atoms with Gasteiger partial charge in [0.15, 0.2) is 0 Å². The van der Waals surface area contributed by atoms with Gasteiger partial charge in [-0.25, -0.2) is 0 Å². The van der Waals surface area contributed by atoms with Crippen LogP contribution >= 0.6 is 0 Å². The monoisotopic (exact) mass is 486 g/mol. The number of allylic oxidation sites excluding steroid dienone is 8. The Labute approximate surface area is 223 Å². The second kappa shape index (κ2) is 13.4. The Morgan fingerprint density at radius 2 is 1.57 bits per heavy atom. The highest BCUT2D eigenvalue weighted by Crippen LogP contribution is 2.35. The lowest BCUT2D eigenvalue weighted by Crippen LogP contribution is -2.08. The molecule has 188 valence electrons. The Bertz CT molecular complexity index is 1330. The summed E-state index contributed by atoms with van der Waals surface area (Å²) in [5, 5.41) is 0. The van der Waals surface area contributed by atoms with Crippen LogP contribution < -0.4 is 0 Å². The number of hydrogen-bond donors (Lipinski definition) is 0. The van der Waals surface area contributed by atoms with Gasteiger partial charge in [0.1, 0.15) is 5.78 Å². The number of rotatable bonds is 11. The number of Topliss-reactive ketones (excluding diaryl/α,β-unsaturated/α-hetero) is 1. The molecule has 0 amide bonds. The molecule has 0 saturated carbocycles. The first-order chi connectivity index (χ1) is 17.8. The van der Waals surface area contributed by atoms with Crippen LogP contribution in [0.5, 0.6) is 0 Å². The average Bonchev–Trinajstić information content (AvgIpc) is 2.92. The number of aryl methyl sites for hydroxylation is 2. The fourth-order valence-corrected chi connectivity index (χ4v) is 4.58. The molecule has 1 nitrogen and oxygen atoms in total. The fourth-order valence-electron chi connectivity index (χ4n) is 4.58. The van der Waals surface area contributed by atoms with Crippen molar-refractivity contribution in [2.75, 3.05) is 0 Å². The molecule has 0 heterocycles. The molecule has 1 atom stereocenters. The summed E-state index contributed by atoms with van der Waals surface area (Å²) in [6, 6.07) is 27.7. The molecule has 37 heavy (non-hydrogen) atoms. The zero-order valence-corrected chi connectivity index (χ0v) is 22.6. The van der Waals surface area contributed by atoms with E-state index in [0.29, 0.717) is 0 Å². The maximum absolute atomic E-state index is 12.0. The number of carbonyl (C=O) groups excluding carboxylic acids is 1. The second-order valence-electron chi connectivity index (χ2n) is 9.47. The molecule has 3 rings (SSSR count). The number of carbonyl (C=O) groups is 1. The maximum Gasteiger partial charge on any atom is 0.136 e. The van der Waals surface area contributed by atoms with Gasteiger partial charge in [-0.3, -0.25) is 4.79 Å². The average molecular weight is 487 g/mol. The van der Waals surface area contributed by atoms with Crippen molar-refractivity contribution in [2.45, 2.75) is 40.5 Å². The van der Waals surface area contributed by atoms with E-state index in [0.717, 1.165) is 29.6 Å². The normalized spacial score (nSPS) is 13.2. The van der Waals surface area contributed by atoms with E-state index in [1.807, 2.05) is 19.9 Å². The van der Waals surface area contributed by atoms with Crippen molar-refractivity contribution >= 4 is 11.4 Å². The predicted molar refractivity (Wildman–Crippen MR) is 160 cm³/mol. The maximum atomic E-state index is 12.0. The van der Waals surface area contributed by atoms with Crippen molar-refractivity contribution in [2.24, 2.45) is 5.92 Å². The first-order valence-corrected chi connectivity index (χ1v) is 13.0. The van der Waals surface area contributed by atoms with Crippen molar-refractivity contribution in [3.8, 4) is 11.1 Å². The summed E-state index contributed by atoms with van der Waals surface area (Å²) in [6.07, 6.45) is 9.92. The third-order valence-corrected chi connectivity index (χ3v) is 6.90. The van der Waals surface area contributed by atoms with Gasteiger partial charge in [-0.2, -0.15) is 0 Å². The van der Waals surface area contributed by atoms with Crippen LogP contribution in [0.1, 0.15) is 43.9 Å². The molecule has 0 N–H and O–H groups in total. The Balaban J connectivity index is 2.11. The minimum atomic E-state index is -0.206.